The number of fused-ring (bicyclic) bond motifs is 1. The lowest BCUT2D eigenvalue weighted by molar-refractivity contribution is -0.118. The van der Waals surface area contributed by atoms with Gasteiger partial charge < -0.3 is 10.1 Å². The SMILES string of the molecule is CSCC(=O)NCC1Cc2cccc(-c3ccc(S(C)(=O)=O)cc3)c2O1. The predicted molar refractivity (Wildman–Crippen MR) is 104 cm³/mol. The number of amides is 1. The highest BCUT2D eigenvalue weighted by atomic mass is 32.2. The number of thioether (sulfide) groups is 1. The highest BCUT2D eigenvalue weighted by molar-refractivity contribution is 7.99. The molecule has 0 saturated carbocycles. The molecule has 1 heterocycles. The van der Waals surface area contributed by atoms with E-state index < -0.39 is 9.84 Å². The van der Waals surface area contributed by atoms with Crippen molar-refractivity contribution in [2.45, 2.75) is 17.4 Å². The summed E-state index contributed by atoms with van der Waals surface area (Å²) in [5.41, 5.74) is 2.93. The molecule has 0 fully saturated rings. The Labute approximate surface area is 158 Å². The summed E-state index contributed by atoms with van der Waals surface area (Å²) in [7, 11) is -3.22. The van der Waals surface area contributed by atoms with Crippen LogP contribution in [0.15, 0.2) is 47.4 Å². The van der Waals surface area contributed by atoms with E-state index in [9.17, 15) is 13.2 Å². The van der Waals surface area contributed by atoms with Gasteiger partial charge in [0.05, 0.1) is 17.2 Å². The maximum Gasteiger partial charge on any atom is 0.230 e. The number of sulfone groups is 1. The summed E-state index contributed by atoms with van der Waals surface area (Å²) in [4.78, 5) is 11.9. The van der Waals surface area contributed by atoms with Crippen molar-refractivity contribution in [1.29, 1.82) is 0 Å². The van der Waals surface area contributed by atoms with Crippen molar-refractivity contribution in [3.8, 4) is 16.9 Å². The van der Waals surface area contributed by atoms with Crippen molar-refractivity contribution in [3.63, 3.8) is 0 Å². The van der Waals surface area contributed by atoms with Gasteiger partial charge in [-0.2, -0.15) is 11.8 Å². The van der Waals surface area contributed by atoms with Gasteiger partial charge in [0.15, 0.2) is 9.84 Å². The van der Waals surface area contributed by atoms with E-state index in [-0.39, 0.29) is 12.0 Å². The first-order valence-electron chi connectivity index (χ1n) is 8.23. The van der Waals surface area contributed by atoms with Gasteiger partial charge >= 0.3 is 0 Å². The van der Waals surface area contributed by atoms with Gasteiger partial charge in [0.2, 0.25) is 5.91 Å². The van der Waals surface area contributed by atoms with Gasteiger partial charge in [-0.1, -0.05) is 30.3 Å². The molecule has 7 heteroatoms. The Morgan fingerprint density at radius 3 is 2.62 bits per heavy atom. The molecule has 1 aliphatic rings. The fourth-order valence-electron chi connectivity index (χ4n) is 2.97. The summed E-state index contributed by atoms with van der Waals surface area (Å²) in [5.74, 6) is 1.26. The number of hydrogen-bond acceptors (Lipinski definition) is 5. The Morgan fingerprint density at radius 2 is 1.96 bits per heavy atom. The van der Waals surface area contributed by atoms with Gasteiger partial charge in [-0.25, -0.2) is 8.42 Å². The van der Waals surface area contributed by atoms with Crippen LogP contribution in [0.2, 0.25) is 0 Å². The molecule has 138 valence electrons. The van der Waals surface area contributed by atoms with Crippen LogP contribution >= 0.6 is 11.8 Å². The molecule has 1 N–H and O–H groups in total. The van der Waals surface area contributed by atoms with E-state index in [4.69, 9.17) is 4.74 Å². The summed E-state index contributed by atoms with van der Waals surface area (Å²) in [5, 5.41) is 2.89. The summed E-state index contributed by atoms with van der Waals surface area (Å²) < 4.78 is 29.3. The molecule has 0 radical (unpaired) electrons. The third kappa shape index (κ3) is 4.22. The standard InChI is InChI=1S/C19H21NO4S2/c1-25-12-18(21)20-11-15-10-14-4-3-5-17(19(14)24-15)13-6-8-16(9-7-13)26(2,22)23/h3-9,15H,10-12H2,1-2H3,(H,20,21). The highest BCUT2D eigenvalue weighted by Gasteiger charge is 2.26. The molecule has 1 atom stereocenters. The molecule has 0 aliphatic carbocycles. The first-order valence-corrected chi connectivity index (χ1v) is 11.5. The van der Waals surface area contributed by atoms with Gasteiger partial charge in [0.1, 0.15) is 11.9 Å². The number of hydrogen-bond donors (Lipinski definition) is 1. The summed E-state index contributed by atoms with van der Waals surface area (Å²) in [6.45, 7) is 0.473. The van der Waals surface area contributed by atoms with Crippen molar-refractivity contribution in [2.75, 3.05) is 24.8 Å². The normalized spacial score (nSPS) is 16.0. The van der Waals surface area contributed by atoms with Gasteiger partial charge in [0.25, 0.3) is 0 Å². The van der Waals surface area contributed by atoms with Crippen molar-refractivity contribution in [1.82, 2.24) is 5.32 Å². The molecule has 26 heavy (non-hydrogen) atoms. The third-order valence-corrected chi connectivity index (χ3v) is 5.90. The molecule has 5 nitrogen and oxygen atoms in total. The lowest BCUT2D eigenvalue weighted by Gasteiger charge is -2.13. The second-order valence-electron chi connectivity index (χ2n) is 6.27. The van der Waals surface area contributed by atoms with Gasteiger partial charge in [-0.3, -0.25) is 4.79 Å². The van der Waals surface area contributed by atoms with E-state index in [0.29, 0.717) is 17.2 Å². The molecule has 0 aromatic heterocycles. The fraction of sp³-hybridized carbons (Fsp3) is 0.316. The zero-order valence-corrected chi connectivity index (χ0v) is 16.3. The predicted octanol–water partition coefficient (Wildman–Crippen LogP) is 2.54. The van der Waals surface area contributed by atoms with Crippen LogP contribution in [-0.4, -0.2) is 45.2 Å². The van der Waals surface area contributed by atoms with E-state index in [1.165, 1.54) is 18.0 Å². The van der Waals surface area contributed by atoms with Crippen LogP contribution < -0.4 is 10.1 Å². The Hall–Kier alpha value is -1.99. The van der Waals surface area contributed by atoms with Gasteiger partial charge in [-0.15, -0.1) is 0 Å². The molecule has 1 unspecified atom stereocenters. The average Bonchev–Trinajstić information content (AvgIpc) is 3.02. The maximum absolute atomic E-state index is 11.6. The van der Waals surface area contributed by atoms with Gasteiger partial charge in [0, 0.05) is 18.2 Å². The lowest BCUT2D eigenvalue weighted by Crippen LogP contribution is -2.35. The smallest absolute Gasteiger partial charge is 0.230 e. The van der Waals surface area contributed by atoms with Crippen LogP contribution in [0, 0.1) is 0 Å². The fourth-order valence-corrected chi connectivity index (χ4v) is 3.97. The zero-order valence-electron chi connectivity index (χ0n) is 14.7. The first-order chi connectivity index (χ1) is 12.4. The van der Waals surface area contributed by atoms with Crippen LogP contribution in [0.25, 0.3) is 11.1 Å². The minimum absolute atomic E-state index is 0.00800. The Kier molecular flexibility index (Phi) is 5.58. The lowest BCUT2D eigenvalue weighted by atomic mass is 10.0. The van der Waals surface area contributed by atoms with Crippen LogP contribution in [-0.2, 0) is 21.1 Å². The largest absolute Gasteiger partial charge is 0.487 e. The molecule has 3 rings (SSSR count). The number of carbonyl (C=O) groups is 1. The van der Waals surface area contributed by atoms with Crippen LogP contribution in [0.4, 0.5) is 0 Å². The third-order valence-electron chi connectivity index (χ3n) is 4.22. The second kappa shape index (κ2) is 7.72. The number of ether oxygens (including phenoxy) is 1. The summed E-state index contributed by atoms with van der Waals surface area (Å²) in [6, 6.07) is 12.8. The van der Waals surface area contributed by atoms with Crippen LogP contribution in [0.5, 0.6) is 5.75 Å². The monoisotopic (exact) mass is 391 g/mol. The molecule has 0 bridgehead atoms. The molecule has 0 spiro atoms. The topological polar surface area (TPSA) is 72.5 Å². The molecule has 2 aromatic rings. The summed E-state index contributed by atoms with van der Waals surface area (Å²) in [6.07, 6.45) is 3.74. The molecule has 0 saturated heterocycles. The Morgan fingerprint density at radius 1 is 1.23 bits per heavy atom. The molecule has 2 aromatic carbocycles. The molecule has 1 aliphatic heterocycles. The van der Waals surface area contributed by atoms with E-state index in [1.807, 2.05) is 24.5 Å². The van der Waals surface area contributed by atoms with Crippen LogP contribution in [0.1, 0.15) is 5.56 Å². The number of rotatable bonds is 6. The number of para-hydroxylation sites is 1. The van der Waals surface area contributed by atoms with Crippen molar-refractivity contribution in [3.05, 3.63) is 48.0 Å². The quantitative estimate of drug-likeness (QED) is 0.819. The highest BCUT2D eigenvalue weighted by Crippen LogP contribution is 2.38. The number of benzene rings is 2. The Balaban J connectivity index is 1.77. The van der Waals surface area contributed by atoms with E-state index >= 15 is 0 Å². The van der Waals surface area contributed by atoms with Crippen molar-refractivity contribution in [2.24, 2.45) is 0 Å². The van der Waals surface area contributed by atoms with Gasteiger partial charge in [-0.05, 0) is 29.5 Å². The number of carbonyl (C=O) groups excluding carboxylic acids is 1. The average molecular weight is 392 g/mol. The molecular formula is C19H21NO4S2. The second-order valence-corrected chi connectivity index (χ2v) is 9.15. The van der Waals surface area contributed by atoms with Crippen molar-refractivity contribution >= 4 is 27.5 Å². The van der Waals surface area contributed by atoms with Crippen LogP contribution in [0.3, 0.4) is 0 Å². The zero-order chi connectivity index (χ0) is 18.7. The maximum atomic E-state index is 11.6. The minimum Gasteiger partial charge on any atom is -0.487 e. The molecular weight excluding hydrogens is 370 g/mol. The first kappa shape index (κ1) is 18.8. The van der Waals surface area contributed by atoms with E-state index in [0.717, 1.165) is 28.9 Å². The number of nitrogens with one attached hydrogen (secondary N) is 1. The van der Waals surface area contributed by atoms with E-state index in [2.05, 4.69) is 5.32 Å². The van der Waals surface area contributed by atoms with Crippen molar-refractivity contribution < 1.29 is 17.9 Å². The molecule has 1 amide bonds. The summed E-state index contributed by atoms with van der Waals surface area (Å²) >= 11 is 1.49. The minimum atomic E-state index is -3.22. The van der Waals surface area contributed by atoms with E-state index in [1.54, 1.807) is 24.3 Å². The Bertz CT molecular complexity index is 908.